The maximum atomic E-state index is 11.1. The van der Waals surface area contributed by atoms with E-state index < -0.39 is 4.92 Å². The number of nitro groups is 1. The van der Waals surface area contributed by atoms with Gasteiger partial charge in [0.05, 0.1) is 18.1 Å². The van der Waals surface area contributed by atoms with Crippen molar-refractivity contribution in [1.82, 2.24) is 4.68 Å². The molecule has 0 bridgehead atoms. The number of nitrogens with zero attached hydrogens (tertiary/aromatic N) is 2. The normalized spacial score (nSPS) is 10.3. The number of nitro benzene ring substituents is 1. The summed E-state index contributed by atoms with van der Waals surface area (Å²) in [4.78, 5) is 10.7. The fraction of sp³-hybridized carbons (Fsp3) is 0.231. The van der Waals surface area contributed by atoms with E-state index in [0.29, 0.717) is 11.4 Å². The van der Waals surface area contributed by atoms with Crippen molar-refractivity contribution in [3.05, 3.63) is 51.8 Å². The Bertz CT molecular complexity index is 600. The smallest absolute Gasteiger partial charge is 0.297 e. The van der Waals surface area contributed by atoms with Crippen LogP contribution in [0.1, 0.15) is 11.4 Å². The zero-order valence-corrected chi connectivity index (χ0v) is 11.0. The quantitative estimate of drug-likeness (QED) is 0.678. The highest BCUT2D eigenvalue weighted by Gasteiger charge is 2.16. The molecule has 0 atom stereocenters. The van der Waals surface area contributed by atoms with Gasteiger partial charge in [0.1, 0.15) is 11.4 Å². The van der Waals surface area contributed by atoms with Crippen molar-refractivity contribution in [3.63, 3.8) is 0 Å². The minimum atomic E-state index is -0.432. The fourth-order valence-corrected chi connectivity index (χ4v) is 1.85. The zero-order chi connectivity index (χ0) is 14.0. The summed E-state index contributed by atoms with van der Waals surface area (Å²) in [5, 5.41) is 11.1. The van der Waals surface area contributed by atoms with E-state index in [-0.39, 0.29) is 5.69 Å². The molecule has 0 aliphatic carbocycles. The Labute approximate surface area is 110 Å². The molecule has 0 saturated heterocycles. The topological polar surface area (TPSA) is 69.3 Å². The number of aryl methyl sites for hydroxylation is 2. The molecular weight excluding hydrogens is 246 g/mol. The maximum absolute atomic E-state index is 11.1. The number of aromatic nitrogens is 1. The van der Waals surface area contributed by atoms with E-state index in [1.807, 2.05) is 26.0 Å². The van der Waals surface area contributed by atoms with Crippen LogP contribution in [0.5, 0.6) is 5.75 Å². The Kier molecular flexibility index (Phi) is 3.41. The van der Waals surface area contributed by atoms with Crippen LogP contribution >= 0.6 is 0 Å². The van der Waals surface area contributed by atoms with E-state index in [0.717, 1.165) is 11.4 Å². The van der Waals surface area contributed by atoms with Gasteiger partial charge in [-0.1, -0.05) is 0 Å². The molecule has 0 aliphatic rings. The molecule has 1 aromatic carbocycles. The predicted octanol–water partition coefficient (Wildman–Crippen LogP) is 2.90. The Balaban J connectivity index is 2.42. The Morgan fingerprint density at radius 1 is 1.21 bits per heavy atom. The molecule has 0 amide bonds. The summed E-state index contributed by atoms with van der Waals surface area (Å²) in [5.74, 6) is 0.457. The Morgan fingerprint density at radius 2 is 1.84 bits per heavy atom. The fourth-order valence-electron chi connectivity index (χ4n) is 1.85. The summed E-state index contributed by atoms with van der Waals surface area (Å²) in [6.45, 7) is 3.85. The molecule has 1 aromatic heterocycles. The highest BCUT2D eigenvalue weighted by molar-refractivity contribution is 5.64. The van der Waals surface area contributed by atoms with Crippen LogP contribution in [0.2, 0.25) is 0 Å². The van der Waals surface area contributed by atoms with Crippen molar-refractivity contribution < 1.29 is 9.66 Å². The molecule has 6 nitrogen and oxygen atoms in total. The summed E-state index contributed by atoms with van der Waals surface area (Å²) in [5.41, 5.74) is 5.39. The van der Waals surface area contributed by atoms with Gasteiger partial charge in [-0.25, -0.2) is 0 Å². The van der Waals surface area contributed by atoms with E-state index in [9.17, 15) is 10.1 Å². The third-order valence-corrected chi connectivity index (χ3v) is 2.91. The summed E-state index contributed by atoms with van der Waals surface area (Å²) in [7, 11) is 1.48. The lowest BCUT2D eigenvalue weighted by Crippen LogP contribution is -2.13. The lowest BCUT2D eigenvalue weighted by Gasteiger charge is -2.13. The minimum absolute atomic E-state index is 0.0214. The van der Waals surface area contributed by atoms with Crippen LogP contribution in [0.3, 0.4) is 0 Å². The van der Waals surface area contributed by atoms with Gasteiger partial charge in [-0.2, -0.15) is 0 Å². The molecule has 0 radical (unpaired) electrons. The standard InChI is InChI=1S/C13H15N3O3/c1-9-4-5-10(2)15(9)14-12-7-6-11(19-3)8-13(12)16(17)18/h4-8,14H,1-3H3. The number of rotatable bonds is 4. The number of nitrogens with one attached hydrogen (secondary N) is 1. The molecule has 0 fully saturated rings. The van der Waals surface area contributed by atoms with Crippen LogP contribution in [0.15, 0.2) is 30.3 Å². The maximum Gasteiger partial charge on any atom is 0.297 e. The molecule has 0 aliphatic heterocycles. The average Bonchev–Trinajstić information content (AvgIpc) is 2.70. The molecule has 2 aromatic rings. The van der Waals surface area contributed by atoms with Crippen molar-refractivity contribution in [3.8, 4) is 5.75 Å². The molecule has 1 heterocycles. The second-order valence-corrected chi connectivity index (χ2v) is 4.20. The first-order chi connectivity index (χ1) is 9.02. The molecular formula is C13H15N3O3. The largest absolute Gasteiger partial charge is 0.496 e. The minimum Gasteiger partial charge on any atom is -0.496 e. The molecule has 19 heavy (non-hydrogen) atoms. The first-order valence-electron chi connectivity index (χ1n) is 5.77. The number of hydrogen-bond acceptors (Lipinski definition) is 4. The second-order valence-electron chi connectivity index (χ2n) is 4.20. The van der Waals surface area contributed by atoms with Crippen molar-refractivity contribution in [2.24, 2.45) is 0 Å². The molecule has 2 rings (SSSR count). The number of methoxy groups -OCH3 is 1. The summed E-state index contributed by atoms with van der Waals surface area (Å²) >= 11 is 0. The third kappa shape index (κ3) is 2.52. The van der Waals surface area contributed by atoms with Gasteiger partial charge in [-0.3, -0.25) is 20.2 Å². The van der Waals surface area contributed by atoms with Crippen LogP contribution in [0.4, 0.5) is 11.4 Å². The number of hydrogen-bond donors (Lipinski definition) is 1. The number of benzene rings is 1. The van der Waals surface area contributed by atoms with Crippen LogP contribution in [0.25, 0.3) is 0 Å². The summed E-state index contributed by atoms with van der Waals surface area (Å²) in [6, 6.07) is 8.60. The van der Waals surface area contributed by atoms with E-state index in [1.54, 1.807) is 16.8 Å². The molecule has 0 spiro atoms. The van der Waals surface area contributed by atoms with Gasteiger partial charge in [0.15, 0.2) is 0 Å². The van der Waals surface area contributed by atoms with Gasteiger partial charge in [0.2, 0.25) is 0 Å². The van der Waals surface area contributed by atoms with Gasteiger partial charge in [0.25, 0.3) is 5.69 Å². The highest BCUT2D eigenvalue weighted by atomic mass is 16.6. The lowest BCUT2D eigenvalue weighted by molar-refractivity contribution is -0.384. The average molecular weight is 261 g/mol. The van der Waals surface area contributed by atoms with Crippen molar-refractivity contribution in [1.29, 1.82) is 0 Å². The summed E-state index contributed by atoms with van der Waals surface area (Å²) < 4.78 is 6.80. The number of anilines is 1. The lowest BCUT2D eigenvalue weighted by atomic mass is 10.2. The van der Waals surface area contributed by atoms with Gasteiger partial charge in [-0.05, 0) is 38.1 Å². The summed E-state index contributed by atoms with van der Waals surface area (Å²) in [6.07, 6.45) is 0. The van der Waals surface area contributed by atoms with Gasteiger partial charge in [-0.15, -0.1) is 0 Å². The Morgan fingerprint density at radius 3 is 2.37 bits per heavy atom. The first kappa shape index (κ1) is 12.9. The molecule has 0 saturated carbocycles. The van der Waals surface area contributed by atoms with Crippen molar-refractivity contribution in [2.75, 3.05) is 12.5 Å². The second kappa shape index (κ2) is 5.01. The molecule has 100 valence electrons. The predicted molar refractivity (Wildman–Crippen MR) is 72.6 cm³/mol. The van der Waals surface area contributed by atoms with E-state index >= 15 is 0 Å². The van der Waals surface area contributed by atoms with Gasteiger partial charge in [0, 0.05) is 11.4 Å². The zero-order valence-electron chi connectivity index (χ0n) is 11.0. The monoisotopic (exact) mass is 261 g/mol. The van der Waals surface area contributed by atoms with Crippen molar-refractivity contribution >= 4 is 11.4 Å². The van der Waals surface area contributed by atoms with E-state index in [1.165, 1.54) is 13.2 Å². The molecule has 1 N–H and O–H groups in total. The van der Waals surface area contributed by atoms with Crippen LogP contribution in [0, 0.1) is 24.0 Å². The van der Waals surface area contributed by atoms with Crippen molar-refractivity contribution in [2.45, 2.75) is 13.8 Å². The SMILES string of the molecule is COc1ccc(Nn2c(C)ccc2C)c([N+](=O)[O-])c1. The number of ether oxygens (including phenoxy) is 1. The van der Waals surface area contributed by atoms with Crippen LogP contribution in [-0.4, -0.2) is 16.7 Å². The van der Waals surface area contributed by atoms with E-state index in [4.69, 9.17) is 4.74 Å². The van der Waals surface area contributed by atoms with Crippen LogP contribution < -0.4 is 10.2 Å². The van der Waals surface area contributed by atoms with Gasteiger partial charge < -0.3 is 4.74 Å². The molecule has 0 unspecified atom stereocenters. The Hall–Kier alpha value is -2.50. The third-order valence-electron chi connectivity index (χ3n) is 2.91. The van der Waals surface area contributed by atoms with E-state index in [2.05, 4.69) is 5.43 Å². The highest BCUT2D eigenvalue weighted by Crippen LogP contribution is 2.29. The molecule has 6 heteroatoms. The van der Waals surface area contributed by atoms with Gasteiger partial charge >= 0.3 is 0 Å². The first-order valence-corrected chi connectivity index (χ1v) is 5.77. The van der Waals surface area contributed by atoms with Crippen LogP contribution in [-0.2, 0) is 0 Å².